The van der Waals surface area contributed by atoms with Gasteiger partial charge in [0.15, 0.2) is 0 Å². The first kappa shape index (κ1) is 21.8. The summed E-state index contributed by atoms with van der Waals surface area (Å²) in [4.78, 5) is 6.92. The summed E-state index contributed by atoms with van der Waals surface area (Å²) in [6, 6.07) is 0. The SMILES string of the molecule is CC(C)C(C)(N)N1CN(C(C)(N)C(C)C)CN(C(C)(N)C(C)C)C1. The Morgan fingerprint density at radius 3 is 0.833 bits per heavy atom. The lowest BCUT2D eigenvalue weighted by Gasteiger charge is -2.58. The van der Waals surface area contributed by atoms with E-state index in [9.17, 15) is 0 Å². The predicted octanol–water partition coefficient (Wildman–Crippen LogP) is 1.77. The summed E-state index contributed by atoms with van der Waals surface area (Å²) in [6.07, 6.45) is 0. The second-order valence-electron chi connectivity index (χ2n) is 9.19. The molecule has 0 bridgehead atoms. The quantitative estimate of drug-likeness (QED) is 0.682. The Bertz CT molecular complexity index is 346. The Hall–Kier alpha value is -0.240. The maximum atomic E-state index is 6.69. The minimum Gasteiger partial charge on any atom is -0.313 e. The number of hydrogen-bond donors (Lipinski definition) is 3. The third-order valence-corrected chi connectivity index (χ3v) is 6.58. The van der Waals surface area contributed by atoms with Gasteiger partial charge in [0.25, 0.3) is 0 Å². The Kier molecular flexibility index (Phi) is 6.52. The summed E-state index contributed by atoms with van der Waals surface area (Å²) in [5.74, 6) is 0.974. The molecule has 0 aromatic rings. The maximum absolute atomic E-state index is 6.69. The predicted molar refractivity (Wildman–Crippen MR) is 102 cm³/mol. The van der Waals surface area contributed by atoms with E-state index in [-0.39, 0.29) is 0 Å². The first-order valence-corrected chi connectivity index (χ1v) is 9.26. The molecule has 3 unspecified atom stereocenters. The highest BCUT2D eigenvalue weighted by Gasteiger charge is 2.45. The Labute approximate surface area is 149 Å². The molecule has 144 valence electrons. The zero-order valence-electron chi connectivity index (χ0n) is 17.4. The van der Waals surface area contributed by atoms with Gasteiger partial charge in [0.1, 0.15) is 0 Å². The van der Waals surface area contributed by atoms with Crippen molar-refractivity contribution in [2.24, 2.45) is 35.0 Å². The monoisotopic (exact) mass is 342 g/mol. The smallest absolute Gasteiger partial charge is 0.0703 e. The average molecular weight is 343 g/mol. The van der Waals surface area contributed by atoms with Crippen LogP contribution in [0.2, 0.25) is 0 Å². The van der Waals surface area contributed by atoms with Crippen LogP contribution in [0.1, 0.15) is 62.3 Å². The first-order valence-electron chi connectivity index (χ1n) is 9.26. The van der Waals surface area contributed by atoms with Gasteiger partial charge in [-0.1, -0.05) is 41.5 Å². The van der Waals surface area contributed by atoms with E-state index in [1.807, 2.05) is 0 Å². The normalized spacial score (nSPS) is 26.6. The molecule has 0 saturated carbocycles. The highest BCUT2D eigenvalue weighted by atomic mass is 15.6. The van der Waals surface area contributed by atoms with E-state index in [4.69, 9.17) is 17.2 Å². The van der Waals surface area contributed by atoms with Crippen LogP contribution in [0.5, 0.6) is 0 Å². The third-order valence-electron chi connectivity index (χ3n) is 6.58. The second kappa shape index (κ2) is 7.17. The van der Waals surface area contributed by atoms with Gasteiger partial charge in [-0.3, -0.25) is 14.7 Å². The van der Waals surface area contributed by atoms with Crippen molar-refractivity contribution < 1.29 is 0 Å². The minimum atomic E-state index is -0.420. The maximum Gasteiger partial charge on any atom is 0.0703 e. The Morgan fingerprint density at radius 2 is 0.708 bits per heavy atom. The van der Waals surface area contributed by atoms with Crippen molar-refractivity contribution in [3.63, 3.8) is 0 Å². The molecule has 1 saturated heterocycles. The molecule has 0 aliphatic carbocycles. The van der Waals surface area contributed by atoms with Crippen LogP contribution in [-0.4, -0.2) is 51.7 Å². The fourth-order valence-electron chi connectivity index (χ4n) is 2.76. The molecule has 6 nitrogen and oxygen atoms in total. The van der Waals surface area contributed by atoms with Crippen LogP contribution < -0.4 is 17.2 Å². The summed E-state index contributed by atoms with van der Waals surface area (Å²) in [5, 5.41) is 0. The summed E-state index contributed by atoms with van der Waals surface area (Å²) in [7, 11) is 0. The lowest BCUT2D eigenvalue weighted by atomic mass is 9.93. The lowest BCUT2D eigenvalue weighted by molar-refractivity contribution is -0.166. The number of hydrogen-bond acceptors (Lipinski definition) is 6. The van der Waals surface area contributed by atoms with Crippen LogP contribution in [0.3, 0.4) is 0 Å². The van der Waals surface area contributed by atoms with Gasteiger partial charge in [-0.2, -0.15) is 0 Å². The average Bonchev–Trinajstić information content (AvgIpc) is 2.46. The van der Waals surface area contributed by atoms with Gasteiger partial charge >= 0.3 is 0 Å². The summed E-state index contributed by atoms with van der Waals surface area (Å²) in [6.45, 7) is 21.5. The molecule has 0 aromatic carbocycles. The summed E-state index contributed by atoms with van der Waals surface area (Å²) >= 11 is 0. The molecule has 0 spiro atoms. The van der Waals surface area contributed by atoms with Gasteiger partial charge in [0, 0.05) is 0 Å². The van der Waals surface area contributed by atoms with E-state index in [2.05, 4.69) is 77.0 Å². The number of nitrogens with zero attached hydrogens (tertiary/aromatic N) is 3. The molecule has 6 N–H and O–H groups in total. The van der Waals surface area contributed by atoms with E-state index in [1.54, 1.807) is 0 Å². The van der Waals surface area contributed by atoms with Crippen LogP contribution >= 0.6 is 0 Å². The summed E-state index contributed by atoms with van der Waals surface area (Å²) in [5.41, 5.74) is 18.8. The van der Waals surface area contributed by atoms with Gasteiger partial charge in [0.2, 0.25) is 0 Å². The highest BCUT2D eigenvalue weighted by molar-refractivity contribution is 4.94. The molecule has 1 rings (SSSR count). The molecule has 1 aliphatic heterocycles. The molecule has 3 atom stereocenters. The Balaban J connectivity index is 3.22. The fourth-order valence-corrected chi connectivity index (χ4v) is 2.76. The van der Waals surface area contributed by atoms with Gasteiger partial charge < -0.3 is 17.2 Å². The van der Waals surface area contributed by atoms with Crippen molar-refractivity contribution in [3.05, 3.63) is 0 Å². The molecular weight excluding hydrogens is 300 g/mol. The van der Waals surface area contributed by atoms with Crippen LogP contribution in [0, 0.1) is 17.8 Å². The van der Waals surface area contributed by atoms with Crippen molar-refractivity contribution in [1.82, 2.24) is 14.7 Å². The van der Waals surface area contributed by atoms with Crippen LogP contribution in [0.15, 0.2) is 0 Å². The van der Waals surface area contributed by atoms with Gasteiger partial charge in [-0.15, -0.1) is 0 Å². The van der Waals surface area contributed by atoms with E-state index in [0.717, 1.165) is 20.0 Å². The van der Waals surface area contributed by atoms with Gasteiger partial charge in [-0.05, 0) is 38.5 Å². The van der Waals surface area contributed by atoms with Gasteiger partial charge in [-0.25, -0.2) is 0 Å². The van der Waals surface area contributed by atoms with E-state index in [1.165, 1.54) is 0 Å². The van der Waals surface area contributed by atoms with Crippen molar-refractivity contribution in [2.75, 3.05) is 20.0 Å². The minimum absolute atomic E-state index is 0.325. The van der Waals surface area contributed by atoms with E-state index in [0.29, 0.717) is 17.8 Å². The molecule has 1 fully saturated rings. The molecular formula is C18H42N6. The number of rotatable bonds is 6. The van der Waals surface area contributed by atoms with Crippen molar-refractivity contribution in [1.29, 1.82) is 0 Å². The van der Waals surface area contributed by atoms with Gasteiger partial charge in [0.05, 0.1) is 37.0 Å². The zero-order valence-corrected chi connectivity index (χ0v) is 17.4. The van der Waals surface area contributed by atoms with E-state index < -0.39 is 17.0 Å². The molecule has 24 heavy (non-hydrogen) atoms. The van der Waals surface area contributed by atoms with Crippen molar-refractivity contribution in [3.8, 4) is 0 Å². The van der Waals surface area contributed by atoms with Crippen LogP contribution in [0.25, 0.3) is 0 Å². The van der Waals surface area contributed by atoms with Crippen molar-refractivity contribution >= 4 is 0 Å². The molecule has 0 amide bonds. The lowest BCUT2D eigenvalue weighted by Crippen LogP contribution is -2.76. The van der Waals surface area contributed by atoms with Crippen LogP contribution in [-0.2, 0) is 0 Å². The van der Waals surface area contributed by atoms with Crippen molar-refractivity contribution in [2.45, 2.75) is 79.3 Å². The topological polar surface area (TPSA) is 87.8 Å². The third kappa shape index (κ3) is 4.11. The highest BCUT2D eigenvalue weighted by Crippen LogP contribution is 2.31. The second-order valence-corrected chi connectivity index (χ2v) is 9.19. The standard InChI is InChI=1S/C18H42N6/c1-13(2)16(7,19)22-10-23(17(8,20)14(3)4)12-24(11-22)18(9,21)15(5)6/h13-15H,10-12,19-21H2,1-9H3. The fraction of sp³-hybridized carbons (Fsp3) is 1.00. The van der Waals surface area contributed by atoms with E-state index >= 15 is 0 Å². The molecule has 1 aliphatic rings. The molecule has 6 heteroatoms. The van der Waals surface area contributed by atoms with Crippen LogP contribution in [0.4, 0.5) is 0 Å². The molecule has 0 radical (unpaired) electrons. The first-order chi connectivity index (χ1) is 10.6. The summed E-state index contributed by atoms with van der Waals surface area (Å²) < 4.78 is 0. The largest absolute Gasteiger partial charge is 0.313 e. The number of nitrogens with two attached hydrogens (primary N) is 3. The Morgan fingerprint density at radius 1 is 0.542 bits per heavy atom. The molecule has 0 aromatic heterocycles. The molecule has 1 heterocycles. The zero-order chi connectivity index (χ0) is 19.1.